The van der Waals surface area contributed by atoms with Gasteiger partial charge in [0.15, 0.2) is 4.34 Å². The van der Waals surface area contributed by atoms with Crippen LogP contribution >= 0.6 is 34.4 Å². The van der Waals surface area contributed by atoms with E-state index < -0.39 is 0 Å². The first-order valence-electron chi connectivity index (χ1n) is 6.92. The Morgan fingerprint density at radius 3 is 3.00 bits per heavy atom. The van der Waals surface area contributed by atoms with Crippen LogP contribution in [0.15, 0.2) is 49.8 Å². The fourth-order valence-electron chi connectivity index (χ4n) is 1.97. The number of rotatable bonds is 5. The smallest absolute Gasteiger partial charge is 0.322 e. The van der Waals surface area contributed by atoms with Gasteiger partial charge in [-0.15, -0.1) is 16.4 Å². The number of thioether (sulfide) groups is 1. The molecule has 4 aromatic rings. The Bertz CT molecular complexity index is 945. The monoisotopic (exact) mass is 374 g/mol. The van der Waals surface area contributed by atoms with Gasteiger partial charge in [0, 0.05) is 10.9 Å². The number of hydrogen-bond donors (Lipinski definition) is 1. The van der Waals surface area contributed by atoms with E-state index in [1.54, 1.807) is 22.7 Å². The van der Waals surface area contributed by atoms with Crippen LogP contribution in [0.3, 0.4) is 0 Å². The molecule has 3 aromatic heterocycles. The van der Waals surface area contributed by atoms with Gasteiger partial charge in [0.05, 0.1) is 16.0 Å². The normalized spacial score (nSPS) is 11.0. The number of hydrogen-bond acceptors (Lipinski definition) is 8. The molecule has 6 nitrogen and oxygen atoms in total. The van der Waals surface area contributed by atoms with Crippen molar-refractivity contribution in [2.75, 3.05) is 11.1 Å². The van der Waals surface area contributed by atoms with E-state index in [2.05, 4.69) is 20.5 Å². The lowest BCUT2D eigenvalue weighted by Crippen LogP contribution is -2.14. The molecule has 3 heterocycles. The number of thiophene rings is 1. The molecule has 0 bridgehead atoms. The lowest BCUT2D eigenvalue weighted by Gasteiger charge is -1.98. The molecule has 0 atom stereocenters. The molecule has 1 N–H and O–H groups in total. The zero-order valence-electron chi connectivity index (χ0n) is 12.1. The molecule has 0 aliphatic carbocycles. The van der Waals surface area contributed by atoms with Crippen LogP contribution in [0.5, 0.6) is 0 Å². The van der Waals surface area contributed by atoms with Gasteiger partial charge in [-0.2, -0.15) is 11.3 Å². The van der Waals surface area contributed by atoms with Gasteiger partial charge >= 0.3 is 6.01 Å². The molecule has 0 fully saturated rings. The van der Waals surface area contributed by atoms with Crippen molar-refractivity contribution in [3.63, 3.8) is 0 Å². The Kier molecular flexibility index (Phi) is 4.28. The van der Waals surface area contributed by atoms with Crippen molar-refractivity contribution in [3.05, 3.63) is 41.1 Å². The van der Waals surface area contributed by atoms with Crippen molar-refractivity contribution in [1.82, 2.24) is 15.2 Å². The third kappa shape index (κ3) is 3.32. The van der Waals surface area contributed by atoms with Crippen LogP contribution in [-0.4, -0.2) is 26.8 Å². The number of nitrogens with one attached hydrogen (secondary N) is 1. The summed E-state index contributed by atoms with van der Waals surface area (Å²) in [4.78, 5) is 16.5. The van der Waals surface area contributed by atoms with Crippen LogP contribution in [0.4, 0.5) is 6.01 Å². The first kappa shape index (κ1) is 15.3. The number of carbonyl (C=O) groups is 1. The quantitative estimate of drug-likeness (QED) is 0.529. The van der Waals surface area contributed by atoms with E-state index in [-0.39, 0.29) is 17.7 Å². The van der Waals surface area contributed by atoms with Gasteiger partial charge in [-0.1, -0.05) is 29.0 Å². The number of carbonyl (C=O) groups excluding carboxylic acids is 1. The van der Waals surface area contributed by atoms with Crippen molar-refractivity contribution in [2.24, 2.45) is 0 Å². The highest BCUT2D eigenvalue weighted by Crippen LogP contribution is 2.29. The van der Waals surface area contributed by atoms with E-state index in [1.807, 2.05) is 41.1 Å². The highest BCUT2D eigenvalue weighted by Gasteiger charge is 2.13. The maximum Gasteiger partial charge on any atom is 0.322 e. The second kappa shape index (κ2) is 6.71. The summed E-state index contributed by atoms with van der Waals surface area (Å²) in [7, 11) is 0. The van der Waals surface area contributed by atoms with Crippen molar-refractivity contribution in [2.45, 2.75) is 4.34 Å². The summed E-state index contributed by atoms with van der Waals surface area (Å²) in [6.45, 7) is 0. The molecule has 9 heteroatoms. The van der Waals surface area contributed by atoms with E-state index in [0.717, 1.165) is 20.1 Å². The van der Waals surface area contributed by atoms with Gasteiger partial charge in [0.25, 0.3) is 5.89 Å². The van der Waals surface area contributed by atoms with Crippen LogP contribution in [0.25, 0.3) is 21.7 Å². The number of anilines is 1. The Morgan fingerprint density at radius 2 is 2.17 bits per heavy atom. The van der Waals surface area contributed by atoms with Crippen LogP contribution in [0, 0.1) is 0 Å². The maximum absolute atomic E-state index is 12.0. The van der Waals surface area contributed by atoms with Crippen molar-refractivity contribution >= 4 is 56.6 Å². The highest BCUT2D eigenvalue weighted by molar-refractivity contribution is 8.01. The number of benzene rings is 1. The summed E-state index contributed by atoms with van der Waals surface area (Å²) in [6.07, 6.45) is 0. The molecule has 24 heavy (non-hydrogen) atoms. The minimum atomic E-state index is -0.209. The molecule has 4 rings (SSSR count). The van der Waals surface area contributed by atoms with E-state index in [1.165, 1.54) is 11.8 Å². The molecule has 120 valence electrons. The van der Waals surface area contributed by atoms with Gasteiger partial charge < -0.3 is 4.42 Å². The van der Waals surface area contributed by atoms with Crippen molar-refractivity contribution < 1.29 is 9.21 Å². The molecule has 1 amide bonds. The number of nitrogens with zero attached hydrogens (tertiary/aromatic N) is 3. The van der Waals surface area contributed by atoms with Crippen LogP contribution in [0.1, 0.15) is 0 Å². The average molecular weight is 374 g/mol. The van der Waals surface area contributed by atoms with Crippen LogP contribution in [-0.2, 0) is 4.79 Å². The molecule has 0 saturated carbocycles. The van der Waals surface area contributed by atoms with Gasteiger partial charge in [-0.3, -0.25) is 10.1 Å². The van der Waals surface area contributed by atoms with E-state index in [0.29, 0.717) is 5.89 Å². The zero-order chi connectivity index (χ0) is 16.4. The molecule has 0 saturated heterocycles. The van der Waals surface area contributed by atoms with Gasteiger partial charge in [0.1, 0.15) is 0 Å². The molecule has 0 radical (unpaired) electrons. The first-order chi connectivity index (χ1) is 11.8. The fraction of sp³-hybridized carbons (Fsp3) is 0.0667. The molecule has 0 aliphatic rings. The predicted octanol–water partition coefficient (Wildman–Crippen LogP) is 4.14. The topological polar surface area (TPSA) is 80.9 Å². The largest absolute Gasteiger partial charge is 0.403 e. The third-order valence-corrected chi connectivity index (χ3v) is 5.90. The standard InChI is InChI=1S/C15H10N4O2S3/c20-12(8-23-15-16-10-3-1-2-4-11(10)24-15)17-14-19-18-13(21-14)9-5-6-22-7-9/h1-7H,8H2,(H,17,19,20). The van der Waals surface area contributed by atoms with E-state index in [9.17, 15) is 4.79 Å². The second-order valence-electron chi connectivity index (χ2n) is 4.71. The number of aromatic nitrogens is 3. The minimum absolute atomic E-state index is 0.103. The van der Waals surface area contributed by atoms with Gasteiger partial charge in [0.2, 0.25) is 5.91 Å². The lowest BCUT2D eigenvalue weighted by molar-refractivity contribution is -0.113. The van der Waals surface area contributed by atoms with Gasteiger partial charge in [-0.05, 0) is 23.6 Å². The Hall–Kier alpha value is -2.23. The molecule has 0 spiro atoms. The number of para-hydroxylation sites is 1. The molecular weight excluding hydrogens is 364 g/mol. The summed E-state index contributed by atoms with van der Waals surface area (Å²) < 4.78 is 7.40. The summed E-state index contributed by atoms with van der Waals surface area (Å²) in [5.41, 5.74) is 1.79. The van der Waals surface area contributed by atoms with Crippen LogP contribution < -0.4 is 5.32 Å². The number of fused-ring (bicyclic) bond motifs is 1. The van der Waals surface area contributed by atoms with E-state index >= 15 is 0 Å². The predicted molar refractivity (Wildman–Crippen MR) is 96.6 cm³/mol. The summed E-state index contributed by atoms with van der Waals surface area (Å²) >= 11 is 4.50. The summed E-state index contributed by atoms with van der Waals surface area (Å²) in [6, 6.07) is 9.88. The summed E-state index contributed by atoms with van der Waals surface area (Å²) in [5.74, 6) is 0.417. The summed E-state index contributed by atoms with van der Waals surface area (Å²) in [5, 5.41) is 14.2. The number of amides is 1. The number of thiazole rings is 1. The highest BCUT2D eigenvalue weighted by atomic mass is 32.2. The Morgan fingerprint density at radius 1 is 1.25 bits per heavy atom. The van der Waals surface area contributed by atoms with Crippen LogP contribution in [0.2, 0.25) is 0 Å². The zero-order valence-corrected chi connectivity index (χ0v) is 14.6. The Labute approximate surface area is 148 Å². The lowest BCUT2D eigenvalue weighted by atomic mass is 10.3. The van der Waals surface area contributed by atoms with Crippen molar-refractivity contribution in [3.8, 4) is 11.5 Å². The van der Waals surface area contributed by atoms with Gasteiger partial charge in [-0.25, -0.2) is 4.98 Å². The first-order valence-corrected chi connectivity index (χ1v) is 9.67. The maximum atomic E-state index is 12.0. The third-order valence-electron chi connectivity index (χ3n) is 3.04. The average Bonchev–Trinajstić information content (AvgIpc) is 3.32. The second-order valence-corrected chi connectivity index (χ2v) is 7.74. The van der Waals surface area contributed by atoms with Crippen molar-refractivity contribution in [1.29, 1.82) is 0 Å². The molecular formula is C15H10N4O2S3. The molecule has 0 aliphatic heterocycles. The SMILES string of the molecule is O=C(CSc1nc2ccccc2s1)Nc1nnc(-c2ccsc2)o1. The fourth-order valence-corrected chi connectivity index (χ4v) is 4.47. The van der Waals surface area contributed by atoms with E-state index in [4.69, 9.17) is 4.42 Å². The molecule has 0 unspecified atom stereocenters. The molecule has 1 aromatic carbocycles. The minimum Gasteiger partial charge on any atom is -0.403 e. The Balaban J connectivity index is 1.36.